The largest absolute Gasteiger partial charge is 0.390 e. The molecule has 0 radical (unpaired) electrons. The van der Waals surface area contributed by atoms with Crippen molar-refractivity contribution in [2.75, 3.05) is 0 Å². The molecule has 1 fully saturated rings. The molecule has 0 aromatic rings. The third-order valence-corrected chi connectivity index (χ3v) is 3.19. The van der Waals surface area contributed by atoms with Gasteiger partial charge in [-0.05, 0) is 18.3 Å². The highest BCUT2D eigenvalue weighted by atomic mass is 19.4. The molecule has 1 aliphatic rings. The first-order valence-electron chi connectivity index (χ1n) is 5.22. The molecule has 84 valence electrons. The van der Waals surface area contributed by atoms with Gasteiger partial charge in [0.25, 0.3) is 0 Å². The summed E-state index contributed by atoms with van der Waals surface area (Å²) in [7, 11) is 0. The molecule has 1 saturated carbocycles. The van der Waals surface area contributed by atoms with Crippen LogP contribution in [0.3, 0.4) is 0 Å². The zero-order chi connectivity index (χ0) is 10.8. The molecule has 2 N–H and O–H groups in total. The minimum absolute atomic E-state index is 0.0605. The van der Waals surface area contributed by atoms with Crippen molar-refractivity contribution >= 4 is 0 Å². The van der Waals surface area contributed by atoms with Crippen LogP contribution >= 0.6 is 0 Å². The summed E-state index contributed by atoms with van der Waals surface area (Å²) in [6.07, 6.45) is -0.899. The Kier molecular flexibility index (Phi) is 3.81. The van der Waals surface area contributed by atoms with E-state index in [-0.39, 0.29) is 5.92 Å². The summed E-state index contributed by atoms with van der Waals surface area (Å²) < 4.78 is 36.3. The maximum Gasteiger partial charge on any atom is 0.390 e. The molecule has 1 aliphatic carbocycles. The molecular formula is C10H18F3N. The molecule has 0 bridgehead atoms. The molecule has 0 saturated heterocycles. The van der Waals surface area contributed by atoms with Gasteiger partial charge in [-0.25, -0.2) is 0 Å². The summed E-state index contributed by atoms with van der Waals surface area (Å²) in [4.78, 5) is 0. The fraction of sp³-hybridized carbons (Fsp3) is 1.00. The van der Waals surface area contributed by atoms with Gasteiger partial charge < -0.3 is 5.73 Å². The van der Waals surface area contributed by atoms with Gasteiger partial charge in [-0.15, -0.1) is 0 Å². The maximum atomic E-state index is 12.1. The molecule has 0 amide bonds. The summed E-state index contributed by atoms with van der Waals surface area (Å²) in [5.41, 5.74) is 5.60. The van der Waals surface area contributed by atoms with E-state index in [2.05, 4.69) is 0 Å². The molecule has 0 aromatic heterocycles. The maximum absolute atomic E-state index is 12.1. The number of nitrogens with two attached hydrogens (primary N) is 1. The van der Waals surface area contributed by atoms with Gasteiger partial charge in [-0.3, -0.25) is 0 Å². The van der Waals surface area contributed by atoms with Crippen LogP contribution < -0.4 is 5.73 Å². The normalized spacial score (nSPS) is 31.5. The van der Waals surface area contributed by atoms with Crippen molar-refractivity contribution in [1.29, 1.82) is 0 Å². The van der Waals surface area contributed by atoms with Gasteiger partial charge in [-0.1, -0.05) is 26.2 Å². The van der Waals surface area contributed by atoms with E-state index < -0.39 is 18.6 Å². The predicted molar refractivity (Wildman–Crippen MR) is 49.8 cm³/mol. The Hall–Kier alpha value is -0.250. The Balaban J connectivity index is 2.46. The second-order valence-electron chi connectivity index (χ2n) is 4.41. The molecule has 0 aromatic carbocycles. The Morgan fingerprint density at radius 3 is 2.36 bits per heavy atom. The molecule has 0 spiro atoms. The summed E-state index contributed by atoms with van der Waals surface area (Å²) >= 11 is 0. The van der Waals surface area contributed by atoms with Crippen molar-refractivity contribution in [3.63, 3.8) is 0 Å². The minimum Gasteiger partial charge on any atom is -0.327 e. The summed E-state index contributed by atoms with van der Waals surface area (Å²) in [6, 6.07) is -0.703. The molecule has 0 aliphatic heterocycles. The second kappa shape index (κ2) is 4.51. The Morgan fingerprint density at radius 1 is 1.29 bits per heavy atom. The average Bonchev–Trinajstić information content (AvgIpc) is 2.01. The van der Waals surface area contributed by atoms with Crippen LogP contribution in [0.5, 0.6) is 0 Å². The molecule has 2 unspecified atom stereocenters. The first kappa shape index (κ1) is 11.8. The van der Waals surface area contributed by atoms with Crippen molar-refractivity contribution in [1.82, 2.24) is 0 Å². The number of halogens is 3. The van der Waals surface area contributed by atoms with E-state index in [1.54, 1.807) is 0 Å². The number of alkyl halides is 3. The molecular weight excluding hydrogens is 191 g/mol. The monoisotopic (exact) mass is 209 g/mol. The number of hydrogen-bond donors (Lipinski definition) is 1. The smallest absolute Gasteiger partial charge is 0.327 e. The third kappa shape index (κ3) is 3.48. The minimum atomic E-state index is -4.11. The van der Waals surface area contributed by atoms with Gasteiger partial charge in [0.1, 0.15) is 0 Å². The average molecular weight is 209 g/mol. The number of rotatable bonds is 2. The highest BCUT2D eigenvalue weighted by Crippen LogP contribution is 2.34. The van der Waals surface area contributed by atoms with Crippen LogP contribution in [0.1, 0.15) is 39.0 Å². The molecule has 14 heavy (non-hydrogen) atoms. The summed E-state index contributed by atoms with van der Waals surface area (Å²) in [5.74, 6) is 0.409. The third-order valence-electron chi connectivity index (χ3n) is 3.19. The van der Waals surface area contributed by atoms with Gasteiger partial charge >= 0.3 is 6.18 Å². The fourth-order valence-corrected chi connectivity index (χ4v) is 2.40. The van der Waals surface area contributed by atoms with Crippen LogP contribution in [-0.4, -0.2) is 12.2 Å². The molecule has 1 nitrogen and oxygen atoms in total. The number of hydrogen-bond acceptors (Lipinski definition) is 1. The first-order valence-corrected chi connectivity index (χ1v) is 5.22. The predicted octanol–water partition coefficient (Wildman–Crippen LogP) is 3.09. The van der Waals surface area contributed by atoms with Crippen molar-refractivity contribution < 1.29 is 13.2 Å². The van der Waals surface area contributed by atoms with Crippen molar-refractivity contribution in [2.24, 2.45) is 17.6 Å². The van der Waals surface area contributed by atoms with Crippen LogP contribution in [-0.2, 0) is 0 Å². The zero-order valence-electron chi connectivity index (χ0n) is 8.48. The van der Waals surface area contributed by atoms with Crippen molar-refractivity contribution in [3.05, 3.63) is 0 Å². The van der Waals surface area contributed by atoms with Crippen molar-refractivity contribution in [2.45, 2.75) is 51.2 Å². The van der Waals surface area contributed by atoms with Gasteiger partial charge in [0.15, 0.2) is 0 Å². The van der Waals surface area contributed by atoms with Crippen molar-refractivity contribution in [3.8, 4) is 0 Å². The van der Waals surface area contributed by atoms with Crippen LogP contribution in [0, 0.1) is 11.8 Å². The van der Waals surface area contributed by atoms with Crippen LogP contribution in [0.2, 0.25) is 0 Å². The van der Waals surface area contributed by atoms with Gasteiger partial charge in [-0.2, -0.15) is 13.2 Å². The van der Waals surface area contributed by atoms with Gasteiger partial charge in [0.05, 0.1) is 6.42 Å². The van der Waals surface area contributed by atoms with E-state index in [1.807, 2.05) is 6.92 Å². The molecule has 4 heteroatoms. The van der Waals surface area contributed by atoms with E-state index in [0.29, 0.717) is 5.92 Å². The van der Waals surface area contributed by atoms with E-state index >= 15 is 0 Å². The Labute approximate surface area is 82.9 Å². The van der Waals surface area contributed by atoms with Gasteiger partial charge in [0, 0.05) is 6.04 Å². The zero-order valence-corrected chi connectivity index (χ0v) is 8.48. The van der Waals surface area contributed by atoms with Crippen LogP contribution in [0.25, 0.3) is 0 Å². The van der Waals surface area contributed by atoms with E-state index in [4.69, 9.17) is 5.73 Å². The molecule has 0 heterocycles. The van der Waals surface area contributed by atoms with Crippen LogP contribution in [0.4, 0.5) is 13.2 Å². The SMILES string of the molecule is CC1CCCCC1[C@H](N)CC(F)(F)F. The Bertz CT molecular complexity index is 179. The lowest BCUT2D eigenvalue weighted by Crippen LogP contribution is -2.39. The van der Waals surface area contributed by atoms with E-state index in [0.717, 1.165) is 25.7 Å². The summed E-state index contributed by atoms with van der Waals surface area (Å²) in [6.45, 7) is 2.01. The first-order chi connectivity index (χ1) is 6.40. The molecule has 3 atom stereocenters. The quantitative estimate of drug-likeness (QED) is 0.743. The summed E-state index contributed by atoms with van der Waals surface area (Å²) in [5, 5.41) is 0. The van der Waals surface area contributed by atoms with Gasteiger partial charge in [0.2, 0.25) is 0 Å². The topological polar surface area (TPSA) is 26.0 Å². The fourth-order valence-electron chi connectivity index (χ4n) is 2.40. The Morgan fingerprint density at radius 2 is 1.86 bits per heavy atom. The van der Waals surface area contributed by atoms with E-state index in [9.17, 15) is 13.2 Å². The molecule has 1 rings (SSSR count). The highest BCUT2D eigenvalue weighted by molar-refractivity contribution is 4.82. The van der Waals surface area contributed by atoms with Crippen LogP contribution in [0.15, 0.2) is 0 Å². The second-order valence-corrected chi connectivity index (χ2v) is 4.41. The lowest BCUT2D eigenvalue weighted by atomic mass is 9.75. The lowest BCUT2D eigenvalue weighted by molar-refractivity contribution is -0.142. The van der Waals surface area contributed by atoms with E-state index in [1.165, 1.54) is 0 Å². The lowest BCUT2D eigenvalue weighted by Gasteiger charge is -2.33. The standard InChI is InChI=1S/C10H18F3N/c1-7-4-2-3-5-8(7)9(14)6-10(11,12)13/h7-9H,2-6,14H2,1H3/t7?,8?,9-/m1/s1. The highest BCUT2D eigenvalue weighted by Gasteiger charge is 2.36.